The molecule has 0 aromatic carbocycles. The normalized spacial score (nSPS) is 15.9. The van der Waals surface area contributed by atoms with Gasteiger partial charge in [-0.05, 0) is 80.0 Å². The molecule has 0 bridgehead atoms. The van der Waals surface area contributed by atoms with Gasteiger partial charge in [-0.25, -0.2) is 9.97 Å². The molecular weight excluding hydrogens is 1350 g/mol. The van der Waals surface area contributed by atoms with E-state index in [1.807, 2.05) is 32.3 Å². The van der Waals surface area contributed by atoms with Crippen molar-refractivity contribution in [1.29, 1.82) is 0 Å². The number of fused-ring (bicyclic) bond motifs is 3. The number of H-pyrrole nitrogens is 1. The van der Waals surface area contributed by atoms with Crippen molar-refractivity contribution in [1.82, 2.24) is 67.3 Å². The molecule has 1 saturated heterocycles. The second-order valence-corrected chi connectivity index (χ2v) is 24.5. The van der Waals surface area contributed by atoms with Crippen molar-refractivity contribution in [3.63, 3.8) is 0 Å². The summed E-state index contributed by atoms with van der Waals surface area (Å²) in [6, 6.07) is 0.895. The lowest BCUT2D eigenvalue weighted by Gasteiger charge is -2.23. The van der Waals surface area contributed by atoms with Crippen molar-refractivity contribution in [3.05, 3.63) is 137 Å². The Morgan fingerprint density at radius 2 is 0.843 bits per heavy atom. The zero-order valence-corrected chi connectivity index (χ0v) is 59.8. The fourth-order valence-electron chi connectivity index (χ4n) is 8.64. The first-order chi connectivity index (χ1) is 48.1. The maximum absolute atomic E-state index is 10.5. The van der Waals surface area contributed by atoms with Crippen LogP contribution in [0.25, 0.3) is 0 Å². The summed E-state index contributed by atoms with van der Waals surface area (Å²) in [7, 11) is 0. The zero-order chi connectivity index (χ0) is 76.7. The second-order valence-electron chi connectivity index (χ2n) is 24.5. The number of nitro groups is 7. The van der Waals surface area contributed by atoms with E-state index in [0.717, 1.165) is 51.1 Å². The Balaban J connectivity index is 0.000000302. The van der Waals surface area contributed by atoms with Crippen LogP contribution in [-0.4, -0.2) is 169 Å². The summed E-state index contributed by atoms with van der Waals surface area (Å²) < 4.78 is 30.2. The average Bonchev–Trinajstić information content (AvgIpc) is 1.70. The molecule has 4 N–H and O–H groups in total. The third-order valence-corrected chi connectivity index (χ3v) is 15.5. The fraction of sp³-hybridized carbons (Fsp3) is 0.650. The molecule has 7 aromatic heterocycles. The lowest BCUT2D eigenvalue weighted by molar-refractivity contribution is -0.389. The van der Waals surface area contributed by atoms with Crippen molar-refractivity contribution in [2.75, 3.05) is 39.6 Å². The van der Waals surface area contributed by atoms with Gasteiger partial charge < -0.3 is 119 Å². The van der Waals surface area contributed by atoms with Gasteiger partial charge in [0, 0.05) is 93.2 Å². The predicted octanol–water partition coefficient (Wildman–Crippen LogP) is 9.04. The topological polar surface area (TPSA) is 535 Å². The van der Waals surface area contributed by atoms with Gasteiger partial charge in [-0.2, -0.15) is 0 Å². The van der Waals surface area contributed by atoms with Gasteiger partial charge in [0.25, 0.3) is 0 Å². The van der Waals surface area contributed by atoms with Gasteiger partial charge in [-0.1, -0.05) is 88.5 Å². The first-order valence-corrected chi connectivity index (χ1v) is 32.8. The van der Waals surface area contributed by atoms with Gasteiger partial charge in [-0.15, -0.1) is 0 Å². The van der Waals surface area contributed by atoms with Crippen LogP contribution in [-0.2, 0) is 44.0 Å². The number of aromatic amines is 1. The maximum atomic E-state index is 10.5. The molecule has 566 valence electrons. The number of nitrogens with one attached hydrogen (secondary N) is 1. The minimum atomic E-state index is -0.624. The third-order valence-electron chi connectivity index (χ3n) is 15.5. The fourth-order valence-corrected chi connectivity index (χ4v) is 8.64. The van der Waals surface area contributed by atoms with Gasteiger partial charge in [0.2, 0.25) is 17.5 Å². The van der Waals surface area contributed by atoms with E-state index in [0.29, 0.717) is 85.8 Å². The lowest BCUT2D eigenvalue weighted by atomic mass is 10.1. The molecule has 42 nitrogen and oxygen atoms in total. The molecule has 7 aromatic rings. The number of imidazole rings is 7. The van der Waals surface area contributed by atoms with E-state index in [1.54, 1.807) is 46.0 Å². The minimum absolute atomic E-state index is 0.0609. The molecule has 0 saturated carbocycles. The van der Waals surface area contributed by atoms with Crippen molar-refractivity contribution >= 4 is 40.7 Å². The molecule has 102 heavy (non-hydrogen) atoms. The smallest absolute Gasteiger partial charge is 0.414 e. The summed E-state index contributed by atoms with van der Waals surface area (Å²) in [4.78, 5) is 97.2. The number of hydrogen-bond donors (Lipinski definition) is 4. The molecule has 42 heteroatoms. The van der Waals surface area contributed by atoms with Crippen LogP contribution >= 0.6 is 0 Å². The summed E-state index contributed by atoms with van der Waals surface area (Å²) >= 11 is 0. The van der Waals surface area contributed by atoms with Crippen LogP contribution in [0, 0.1) is 134 Å². The van der Waals surface area contributed by atoms with Gasteiger partial charge in [0.05, 0.1) is 45.6 Å². The number of hydrogen-bond acceptors (Lipinski definition) is 28. The van der Waals surface area contributed by atoms with Gasteiger partial charge >= 0.3 is 58.8 Å². The Labute approximate surface area is 586 Å². The van der Waals surface area contributed by atoms with Crippen LogP contribution in [0.4, 0.5) is 40.7 Å². The highest BCUT2D eigenvalue weighted by Crippen LogP contribution is 2.26. The number of ether oxygens (including phenoxy) is 4. The molecule has 4 aliphatic rings. The summed E-state index contributed by atoms with van der Waals surface area (Å²) in [5.74, 6) is 4.57. The van der Waals surface area contributed by atoms with Crippen molar-refractivity contribution < 1.29 is 68.7 Å². The SMILES string of the molecule is CCC(C)CC.CCC1COC1.CC[C@H](C)Cn1cc([N+](=O)[O-])nc1C.CC[C@H](O)Cn1cc([N+](=O)[O-])nc1C.C[C@H]1COc2nc([N+](=O)[O-])cn2C1.C[C@H]1COc2nc([N+](=O)[O-])cn2C1.Cc1nc([N+](=O)[O-])cn1C[C@@H](C)CO.Cc1ncc([N+](=O)[O-])[nH]1.O=[N+]([O-])c1cn2c(n1)OC[C@H](O)C2. The van der Waals surface area contributed by atoms with Crippen LogP contribution < -0.4 is 14.2 Å². The summed E-state index contributed by atoms with van der Waals surface area (Å²) in [6.07, 6.45) is 14.0. The highest BCUT2D eigenvalue weighted by molar-refractivity contribution is 5.24. The number of aliphatic hydroxyl groups is 3. The van der Waals surface area contributed by atoms with Crippen LogP contribution in [0.3, 0.4) is 0 Å². The van der Waals surface area contributed by atoms with Crippen LogP contribution in [0.5, 0.6) is 18.0 Å². The molecule has 6 atom stereocenters. The minimum Gasteiger partial charge on any atom is -0.445 e. The number of aromatic nitrogens is 14. The molecule has 0 radical (unpaired) electrons. The van der Waals surface area contributed by atoms with E-state index in [-0.39, 0.29) is 72.4 Å². The number of aryl methyl sites for hydroxylation is 4. The quantitative estimate of drug-likeness (QED) is 0.0433. The molecule has 0 aliphatic carbocycles. The van der Waals surface area contributed by atoms with E-state index in [4.69, 9.17) is 29.2 Å². The molecule has 4 aliphatic heterocycles. The van der Waals surface area contributed by atoms with Crippen LogP contribution in [0.15, 0.2) is 43.4 Å². The number of aliphatic hydroxyl groups excluding tert-OH is 3. The Hall–Kier alpha value is -10.5. The molecular formula is C60H95N21O21. The van der Waals surface area contributed by atoms with Crippen molar-refractivity contribution in [2.45, 2.75) is 181 Å². The lowest BCUT2D eigenvalue weighted by Crippen LogP contribution is -2.29. The van der Waals surface area contributed by atoms with Crippen LogP contribution in [0.1, 0.15) is 125 Å². The van der Waals surface area contributed by atoms with E-state index in [2.05, 4.69) is 81.4 Å². The predicted molar refractivity (Wildman–Crippen MR) is 365 cm³/mol. The summed E-state index contributed by atoms with van der Waals surface area (Å²) in [6.45, 7) is 34.6. The largest absolute Gasteiger partial charge is 0.445 e. The van der Waals surface area contributed by atoms with E-state index >= 15 is 0 Å². The molecule has 11 rings (SSSR count). The monoisotopic (exact) mass is 1450 g/mol. The van der Waals surface area contributed by atoms with E-state index < -0.39 is 46.7 Å². The third kappa shape index (κ3) is 29.0. The second kappa shape index (κ2) is 42.6. The van der Waals surface area contributed by atoms with Crippen molar-refractivity contribution in [2.24, 2.45) is 35.5 Å². The Morgan fingerprint density at radius 3 is 1.11 bits per heavy atom. The molecule has 11 heterocycles. The van der Waals surface area contributed by atoms with Crippen LogP contribution in [0.2, 0.25) is 0 Å². The molecule has 0 spiro atoms. The molecule has 0 unspecified atom stereocenters. The standard InChI is InChI=1S/C9H15N3O2.2C8H13N3O3.2C7H9N3O3.C6H7N3O4.C6H14.C5H10O.C4H5N3O2/c1-4-7(2)5-11-6-9(12(13)14)10-8(11)3;1-6(5-12)3-10-4-8(11(13)14)9-7(10)2;1-3-7(12)4-10-5-8(11(13)14)9-6(10)2;2*1-5-2-9-3-6(10(11)12)8-7(9)13-4-5;10-4-1-8-2-5(9(11)12)7-6(8)13-3-4;1-4-6(3)5-2;1-2-5-3-6-4-5;1-3-5-2-4(6-3)7(8)9/h6-7H,4-5H2,1-3H3;4,6,12H,3,5H2,1-2H3;5,7,12H,3-4H2,1-2H3;2*3,5H,2,4H2,1H3;2,4,10H,1,3H2;6H,4-5H2,1-3H3;5H,2-4H2,1H3;2H,1H3,(H,5,6)/t7-;6-;7-;2*5-;4-;;;/m010111.../s1. The van der Waals surface area contributed by atoms with Gasteiger partial charge in [0.15, 0.2) is 5.82 Å². The first kappa shape index (κ1) is 85.7. The maximum Gasteiger partial charge on any atom is 0.414 e. The van der Waals surface area contributed by atoms with Gasteiger partial charge in [0.1, 0.15) is 56.1 Å². The highest BCUT2D eigenvalue weighted by atomic mass is 16.7. The van der Waals surface area contributed by atoms with Gasteiger partial charge in [-0.3, -0.25) is 13.7 Å². The van der Waals surface area contributed by atoms with E-state index in [9.17, 15) is 75.9 Å². The average molecular weight is 1450 g/mol. The Kier molecular flexibility index (Phi) is 35.8. The first-order valence-electron chi connectivity index (χ1n) is 32.8. The summed E-state index contributed by atoms with van der Waals surface area (Å²) in [5, 5.41) is 99.6. The van der Waals surface area contributed by atoms with Crippen molar-refractivity contribution in [3.8, 4) is 18.0 Å². The number of nitrogens with zero attached hydrogens (tertiary/aromatic N) is 20. The summed E-state index contributed by atoms with van der Waals surface area (Å²) in [5.41, 5.74) is 0. The Bertz CT molecular complexity index is 3440. The van der Waals surface area contributed by atoms with E-state index in [1.165, 1.54) is 67.2 Å². The molecule has 0 amide bonds. The number of rotatable bonds is 19. The molecule has 1 fully saturated rings. The zero-order valence-electron chi connectivity index (χ0n) is 59.8. The Morgan fingerprint density at radius 1 is 0.490 bits per heavy atom. The highest BCUT2D eigenvalue weighted by Gasteiger charge is 2.29.